The number of carbonyl (C=O) groups excluding carboxylic acids is 3. The number of unbranched alkanes of at least 4 members (excludes halogenated alkanes) is 37. The molecule has 0 spiro atoms. The van der Waals surface area contributed by atoms with E-state index >= 15 is 0 Å². The van der Waals surface area contributed by atoms with Crippen molar-refractivity contribution in [2.24, 2.45) is 0 Å². The average Bonchev–Trinajstić information content (AvgIpc) is 3.45. The zero-order chi connectivity index (χ0) is 57.1. The highest BCUT2D eigenvalue weighted by atomic mass is 16.6. The summed E-state index contributed by atoms with van der Waals surface area (Å²) in [7, 11) is 0. The summed E-state index contributed by atoms with van der Waals surface area (Å²) < 4.78 is 17.0. The Kier molecular flexibility index (Phi) is 64.2. The molecule has 0 saturated carbocycles. The first-order valence-corrected chi connectivity index (χ1v) is 34.1. The SMILES string of the molecule is CC/C=C\C/C=C\C/C=C\C/C=C\C/C=C\C/C=C\C/C=C\CCCCCCCCCCCC(=O)OCC(COC(=O)CCCCCCCCCCCCCCCCC)OC(=O)CCCCCCCCCCCCCCCCC. The second kappa shape index (κ2) is 67.1. The van der Waals surface area contributed by atoms with Crippen molar-refractivity contribution < 1.29 is 28.6 Å². The summed E-state index contributed by atoms with van der Waals surface area (Å²) >= 11 is 0. The predicted molar refractivity (Wildman–Crippen MR) is 344 cm³/mol. The quantitative estimate of drug-likeness (QED) is 0.0261. The maximum Gasteiger partial charge on any atom is 0.306 e. The molecule has 1 unspecified atom stereocenters. The van der Waals surface area contributed by atoms with Crippen molar-refractivity contribution in [3.8, 4) is 0 Å². The van der Waals surface area contributed by atoms with Gasteiger partial charge in [0.05, 0.1) is 0 Å². The number of hydrogen-bond acceptors (Lipinski definition) is 6. The van der Waals surface area contributed by atoms with E-state index in [1.807, 2.05) is 0 Å². The molecule has 6 heteroatoms. The molecule has 0 aliphatic heterocycles. The summed E-state index contributed by atoms with van der Waals surface area (Å²) in [6.45, 7) is 6.57. The van der Waals surface area contributed by atoms with E-state index in [2.05, 4.69) is 106 Å². The zero-order valence-electron chi connectivity index (χ0n) is 52.4. The van der Waals surface area contributed by atoms with Gasteiger partial charge in [0.2, 0.25) is 0 Å². The topological polar surface area (TPSA) is 78.9 Å². The smallest absolute Gasteiger partial charge is 0.306 e. The van der Waals surface area contributed by atoms with E-state index in [1.165, 1.54) is 193 Å². The minimum atomic E-state index is -0.776. The Morgan fingerprint density at radius 2 is 0.494 bits per heavy atom. The summed E-state index contributed by atoms with van der Waals surface area (Å²) in [4.78, 5) is 38.4. The Morgan fingerprint density at radius 1 is 0.266 bits per heavy atom. The van der Waals surface area contributed by atoms with Crippen LogP contribution in [0.15, 0.2) is 85.1 Å². The van der Waals surface area contributed by atoms with Crippen LogP contribution in [0.3, 0.4) is 0 Å². The molecule has 0 rings (SSSR count). The Morgan fingerprint density at radius 3 is 0.772 bits per heavy atom. The first-order valence-electron chi connectivity index (χ1n) is 34.1. The van der Waals surface area contributed by atoms with Crippen molar-refractivity contribution in [1.29, 1.82) is 0 Å². The predicted octanol–water partition coefficient (Wildman–Crippen LogP) is 23.4. The van der Waals surface area contributed by atoms with Crippen molar-refractivity contribution in [1.82, 2.24) is 0 Å². The summed E-state index contributed by atoms with van der Waals surface area (Å²) in [5, 5.41) is 0. The maximum atomic E-state index is 12.9. The normalized spacial score (nSPS) is 12.6. The van der Waals surface area contributed by atoms with Gasteiger partial charge >= 0.3 is 17.9 Å². The first kappa shape index (κ1) is 75.6. The zero-order valence-corrected chi connectivity index (χ0v) is 52.4. The van der Waals surface area contributed by atoms with Gasteiger partial charge in [-0.05, 0) is 77.0 Å². The summed E-state index contributed by atoms with van der Waals surface area (Å²) in [5.74, 6) is -0.859. The number of esters is 3. The highest BCUT2D eigenvalue weighted by molar-refractivity contribution is 5.71. The van der Waals surface area contributed by atoms with Gasteiger partial charge in [-0.2, -0.15) is 0 Å². The van der Waals surface area contributed by atoms with Crippen molar-refractivity contribution in [3.05, 3.63) is 85.1 Å². The van der Waals surface area contributed by atoms with Gasteiger partial charge in [-0.15, -0.1) is 0 Å². The largest absolute Gasteiger partial charge is 0.462 e. The van der Waals surface area contributed by atoms with Gasteiger partial charge in [-0.25, -0.2) is 0 Å². The van der Waals surface area contributed by atoms with Gasteiger partial charge in [-0.3, -0.25) is 14.4 Å². The first-order chi connectivity index (χ1) is 39.0. The van der Waals surface area contributed by atoms with E-state index in [-0.39, 0.29) is 31.1 Å². The third-order valence-corrected chi connectivity index (χ3v) is 14.9. The van der Waals surface area contributed by atoms with Crippen LogP contribution in [0.2, 0.25) is 0 Å². The van der Waals surface area contributed by atoms with Crippen LogP contribution in [0.5, 0.6) is 0 Å². The van der Waals surface area contributed by atoms with E-state index in [4.69, 9.17) is 14.2 Å². The molecule has 0 N–H and O–H groups in total. The molecule has 456 valence electrons. The van der Waals surface area contributed by atoms with Crippen LogP contribution in [0.25, 0.3) is 0 Å². The molecule has 0 amide bonds. The van der Waals surface area contributed by atoms with Gasteiger partial charge in [-0.1, -0.05) is 331 Å². The highest BCUT2D eigenvalue weighted by Gasteiger charge is 2.19. The van der Waals surface area contributed by atoms with Crippen LogP contribution < -0.4 is 0 Å². The van der Waals surface area contributed by atoms with E-state index in [0.29, 0.717) is 19.3 Å². The van der Waals surface area contributed by atoms with Gasteiger partial charge in [0.1, 0.15) is 13.2 Å². The molecule has 0 radical (unpaired) electrons. The van der Waals surface area contributed by atoms with E-state index in [1.54, 1.807) is 0 Å². The Balaban J connectivity index is 4.26. The van der Waals surface area contributed by atoms with E-state index in [9.17, 15) is 14.4 Å². The monoisotopic (exact) mass is 1100 g/mol. The molecule has 1 atom stereocenters. The lowest BCUT2D eigenvalue weighted by Crippen LogP contribution is -2.30. The van der Waals surface area contributed by atoms with Gasteiger partial charge in [0.15, 0.2) is 6.10 Å². The van der Waals surface area contributed by atoms with Crippen molar-refractivity contribution >= 4 is 17.9 Å². The number of hydrogen-bond donors (Lipinski definition) is 0. The fourth-order valence-electron chi connectivity index (χ4n) is 9.84. The number of rotatable bonds is 62. The lowest BCUT2D eigenvalue weighted by Gasteiger charge is -2.18. The number of carbonyl (C=O) groups is 3. The molecule has 0 aliphatic rings. The third kappa shape index (κ3) is 65.3. The Bertz CT molecular complexity index is 1500. The van der Waals surface area contributed by atoms with Crippen LogP contribution in [0.4, 0.5) is 0 Å². The Labute approximate surface area is 490 Å². The number of ether oxygens (including phenoxy) is 3. The molecule has 0 bridgehead atoms. The minimum Gasteiger partial charge on any atom is -0.462 e. The molecule has 0 aliphatic carbocycles. The summed E-state index contributed by atoms with van der Waals surface area (Å²) in [6.07, 6.45) is 88.8. The number of allylic oxidation sites excluding steroid dienone is 14. The molecular weight excluding hydrogens is 973 g/mol. The molecule has 0 fully saturated rings. The van der Waals surface area contributed by atoms with Crippen LogP contribution >= 0.6 is 0 Å². The van der Waals surface area contributed by atoms with Gasteiger partial charge < -0.3 is 14.2 Å². The molecule has 6 nitrogen and oxygen atoms in total. The van der Waals surface area contributed by atoms with Crippen LogP contribution in [-0.2, 0) is 28.6 Å². The molecule has 0 saturated heterocycles. The summed E-state index contributed by atoms with van der Waals surface area (Å²) in [5.41, 5.74) is 0. The average molecular weight is 1100 g/mol. The van der Waals surface area contributed by atoms with Crippen molar-refractivity contribution in [2.75, 3.05) is 13.2 Å². The van der Waals surface area contributed by atoms with Crippen LogP contribution in [0.1, 0.15) is 342 Å². The maximum absolute atomic E-state index is 12.9. The fourth-order valence-corrected chi connectivity index (χ4v) is 9.84. The lowest BCUT2D eigenvalue weighted by molar-refractivity contribution is -0.167. The fraction of sp³-hybridized carbons (Fsp3) is 0.767. The molecule has 79 heavy (non-hydrogen) atoms. The molecule has 0 aromatic heterocycles. The van der Waals surface area contributed by atoms with Crippen molar-refractivity contribution in [3.63, 3.8) is 0 Å². The van der Waals surface area contributed by atoms with E-state index in [0.717, 1.165) is 109 Å². The minimum absolute atomic E-state index is 0.0722. The van der Waals surface area contributed by atoms with Crippen LogP contribution in [0, 0.1) is 0 Å². The Hall–Kier alpha value is -3.41. The second-order valence-electron chi connectivity index (χ2n) is 22.7. The highest BCUT2D eigenvalue weighted by Crippen LogP contribution is 2.17. The molecule has 0 heterocycles. The lowest BCUT2D eigenvalue weighted by atomic mass is 10.0. The van der Waals surface area contributed by atoms with E-state index < -0.39 is 6.10 Å². The van der Waals surface area contributed by atoms with Gasteiger partial charge in [0.25, 0.3) is 0 Å². The molecule has 0 aromatic carbocycles. The van der Waals surface area contributed by atoms with Gasteiger partial charge in [0, 0.05) is 19.3 Å². The molecule has 0 aromatic rings. The van der Waals surface area contributed by atoms with Crippen LogP contribution in [-0.4, -0.2) is 37.2 Å². The standard InChI is InChI=1S/C73H128O6/c1-4-7-10-13-16-19-22-25-28-29-30-31-32-33-34-35-36-37-38-39-40-41-42-43-46-48-51-54-57-60-63-66-72(75)78-69-70(79-73(76)67-64-61-58-55-52-49-45-27-24-21-18-15-12-9-6-3)68-77-71(74)65-62-59-56-53-50-47-44-26-23-20-17-14-11-8-5-2/h7,10,16,19,25,28,30-31,33-34,36-37,39-40,70H,4-6,8-9,11-15,17-18,20-24,26-27,29,32,35,38,41-69H2,1-3H3/b10-7-,19-16-,28-25-,31-30-,34-33-,37-36-,40-39-. The summed E-state index contributed by atoms with van der Waals surface area (Å²) in [6, 6.07) is 0. The third-order valence-electron chi connectivity index (χ3n) is 14.9. The molecular formula is C73H128O6. The van der Waals surface area contributed by atoms with Crippen molar-refractivity contribution in [2.45, 2.75) is 348 Å². The second-order valence-corrected chi connectivity index (χ2v) is 22.7.